The lowest BCUT2D eigenvalue weighted by Gasteiger charge is -2.19. The van der Waals surface area contributed by atoms with Gasteiger partial charge in [0.1, 0.15) is 12.1 Å². The summed E-state index contributed by atoms with van der Waals surface area (Å²) >= 11 is 0. The first-order chi connectivity index (χ1) is 9.83. The molecule has 0 aromatic carbocycles. The van der Waals surface area contributed by atoms with Crippen LogP contribution in [0.4, 0.5) is 11.8 Å². The van der Waals surface area contributed by atoms with Crippen LogP contribution in [0.25, 0.3) is 11.4 Å². The van der Waals surface area contributed by atoms with Crippen molar-refractivity contribution in [1.82, 2.24) is 19.9 Å². The van der Waals surface area contributed by atoms with E-state index in [2.05, 4.69) is 24.8 Å². The van der Waals surface area contributed by atoms with Gasteiger partial charge < -0.3 is 15.4 Å². The van der Waals surface area contributed by atoms with Gasteiger partial charge >= 0.3 is 0 Å². The minimum Gasteiger partial charge on any atom is -0.384 e. The van der Waals surface area contributed by atoms with Crippen molar-refractivity contribution in [2.45, 2.75) is 6.42 Å². The van der Waals surface area contributed by atoms with Crippen LogP contribution in [0, 0.1) is 0 Å². The molecule has 0 bridgehead atoms. The lowest BCUT2D eigenvalue weighted by molar-refractivity contribution is 0.152. The molecule has 2 aromatic rings. The Morgan fingerprint density at radius 3 is 2.90 bits per heavy atom. The number of nitrogen functional groups attached to an aromatic ring is 1. The number of aromatic nitrogens is 4. The Kier molecular flexibility index (Phi) is 3.69. The van der Waals surface area contributed by atoms with E-state index in [1.54, 1.807) is 12.3 Å². The largest absolute Gasteiger partial charge is 0.384 e. The van der Waals surface area contributed by atoms with Crippen LogP contribution < -0.4 is 10.6 Å². The van der Waals surface area contributed by atoms with Gasteiger partial charge in [-0.1, -0.05) is 0 Å². The van der Waals surface area contributed by atoms with Crippen molar-refractivity contribution >= 4 is 11.8 Å². The third-order valence-electron chi connectivity index (χ3n) is 3.11. The summed E-state index contributed by atoms with van der Waals surface area (Å²) < 4.78 is 5.44. The molecule has 7 heteroatoms. The summed E-state index contributed by atoms with van der Waals surface area (Å²) in [5.41, 5.74) is 6.41. The molecule has 7 nitrogen and oxygen atoms in total. The fourth-order valence-corrected chi connectivity index (χ4v) is 2.06. The Hall–Kier alpha value is -2.28. The molecule has 0 saturated carbocycles. The van der Waals surface area contributed by atoms with E-state index >= 15 is 0 Å². The minimum atomic E-state index is 0.479. The summed E-state index contributed by atoms with van der Waals surface area (Å²) in [5.74, 6) is 1.76. The molecule has 0 aliphatic carbocycles. The van der Waals surface area contributed by atoms with E-state index in [4.69, 9.17) is 10.5 Å². The normalized spacial score (nSPS) is 15.9. The molecule has 3 rings (SSSR count). The second kappa shape index (κ2) is 5.79. The molecule has 0 spiro atoms. The minimum absolute atomic E-state index is 0.479. The second-order valence-corrected chi connectivity index (χ2v) is 4.53. The molecular weight excluding hydrogens is 256 g/mol. The first-order valence-corrected chi connectivity index (χ1v) is 6.56. The summed E-state index contributed by atoms with van der Waals surface area (Å²) in [4.78, 5) is 19.1. The third kappa shape index (κ3) is 2.83. The van der Waals surface area contributed by atoms with Crippen LogP contribution in [-0.4, -0.2) is 46.2 Å². The van der Waals surface area contributed by atoms with Crippen molar-refractivity contribution in [2.24, 2.45) is 0 Å². The van der Waals surface area contributed by atoms with Gasteiger partial charge in [0.25, 0.3) is 0 Å². The van der Waals surface area contributed by atoms with Crippen molar-refractivity contribution < 1.29 is 4.74 Å². The highest BCUT2D eigenvalue weighted by molar-refractivity contribution is 5.56. The zero-order valence-electron chi connectivity index (χ0n) is 11.1. The molecule has 2 aromatic heterocycles. The quantitative estimate of drug-likeness (QED) is 0.862. The number of hydrogen-bond donors (Lipinski definition) is 1. The molecule has 1 saturated heterocycles. The van der Waals surface area contributed by atoms with Crippen molar-refractivity contribution in [3.05, 3.63) is 24.7 Å². The van der Waals surface area contributed by atoms with Gasteiger partial charge in [0.2, 0.25) is 5.95 Å². The van der Waals surface area contributed by atoms with Crippen molar-refractivity contribution in [3.8, 4) is 11.4 Å². The van der Waals surface area contributed by atoms with Gasteiger partial charge in [-0.15, -0.1) is 0 Å². The van der Waals surface area contributed by atoms with E-state index in [-0.39, 0.29) is 0 Å². The summed E-state index contributed by atoms with van der Waals surface area (Å²) in [5, 5.41) is 0. The molecule has 2 N–H and O–H groups in total. The van der Waals surface area contributed by atoms with Gasteiger partial charge in [-0.2, -0.15) is 4.98 Å². The Morgan fingerprint density at radius 2 is 2.05 bits per heavy atom. The average Bonchev–Trinajstić information content (AvgIpc) is 2.77. The standard InChI is InChI=1S/C13H16N6O/c14-11-3-2-10(8-15-11)12-16-9-17-13(18-12)19-4-1-6-20-7-5-19/h2-3,8-9H,1,4-7H2,(H2,14,15). The van der Waals surface area contributed by atoms with Crippen LogP contribution in [0.1, 0.15) is 6.42 Å². The van der Waals surface area contributed by atoms with Crippen molar-refractivity contribution in [2.75, 3.05) is 36.9 Å². The van der Waals surface area contributed by atoms with Gasteiger partial charge in [0, 0.05) is 31.5 Å². The maximum Gasteiger partial charge on any atom is 0.228 e. The molecule has 3 heterocycles. The lowest BCUT2D eigenvalue weighted by atomic mass is 10.2. The highest BCUT2D eigenvalue weighted by Crippen LogP contribution is 2.17. The number of nitrogens with zero attached hydrogens (tertiary/aromatic N) is 5. The number of ether oxygens (including phenoxy) is 1. The Bertz CT molecular complexity index is 565. The van der Waals surface area contributed by atoms with E-state index in [9.17, 15) is 0 Å². The summed E-state index contributed by atoms with van der Waals surface area (Å²) in [6, 6.07) is 3.59. The Balaban J connectivity index is 1.86. The molecule has 0 amide bonds. The molecule has 104 valence electrons. The zero-order valence-corrected chi connectivity index (χ0v) is 11.1. The van der Waals surface area contributed by atoms with Gasteiger partial charge in [-0.05, 0) is 18.6 Å². The molecule has 0 atom stereocenters. The highest BCUT2D eigenvalue weighted by atomic mass is 16.5. The van der Waals surface area contributed by atoms with E-state index in [1.165, 1.54) is 6.33 Å². The summed E-state index contributed by atoms with van der Waals surface area (Å²) in [6.45, 7) is 3.17. The molecule has 1 aliphatic rings. The SMILES string of the molecule is Nc1ccc(-c2ncnc(N3CCCOCC3)n2)cn1. The first kappa shape index (κ1) is 12.7. The predicted octanol–water partition coefficient (Wildman–Crippen LogP) is 0.742. The summed E-state index contributed by atoms with van der Waals surface area (Å²) in [7, 11) is 0. The van der Waals surface area contributed by atoms with E-state index < -0.39 is 0 Å². The van der Waals surface area contributed by atoms with Crippen LogP contribution in [0.3, 0.4) is 0 Å². The summed E-state index contributed by atoms with van der Waals surface area (Å²) in [6.07, 6.45) is 4.17. The van der Waals surface area contributed by atoms with Gasteiger partial charge in [0.05, 0.1) is 6.61 Å². The van der Waals surface area contributed by atoms with E-state index in [1.807, 2.05) is 6.07 Å². The fraction of sp³-hybridized carbons (Fsp3) is 0.385. The number of pyridine rings is 1. The van der Waals surface area contributed by atoms with Crippen LogP contribution >= 0.6 is 0 Å². The molecule has 0 radical (unpaired) electrons. The van der Waals surface area contributed by atoms with Crippen molar-refractivity contribution in [3.63, 3.8) is 0 Å². The predicted molar refractivity (Wildman–Crippen MR) is 75.1 cm³/mol. The van der Waals surface area contributed by atoms with Crippen LogP contribution in [-0.2, 0) is 4.74 Å². The van der Waals surface area contributed by atoms with Gasteiger partial charge in [-0.3, -0.25) is 0 Å². The molecule has 0 unspecified atom stereocenters. The Labute approximate surface area is 116 Å². The van der Waals surface area contributed by atoms with Crippen LogP contribution in [0.15, 0.2) is 24.7 Å². The third-order valence-corrected chi connectivity index (χ3v) is 3.11. The monoisotopic (exact) mass is 272 g/mol. The maximum absolute atomic E-state index is 5.58. The topological polar surface area (TPSA) is 90.0 Å². The lowest BCUT2D eigenvalue weighted by Crippen LogP contribution is -2.28. The number of rotatable bonds is 2. The first-order valence-electron chi connectivity index (χ1n) is 6.56. The van der Waals surface area contributed by atoms with Gasteiger partial charge in [0.15, 0.2) is 5.82 Å². The highest BCUT2D eigenvalue weighted by Gasteiger charge is 2.14. The number of anilines is 2. The zero-order chi connectivity index (χ0) is 13.8. The number of hydrogen-bond acceptors (Lipinski definition) is 7. The van der Waals surface area contributed by atoms with Gasteiger partial charge in [-0.25, -0.2) is 15.0 Å². The molecule has 20 heavy (non-hydrogen) atoms. The van der Waals surface area contributed by atoms with E-state index in [0.717, 1.165) is 31.7 Å². The fourth-order valence-electron chi connectivity index (χ4n) is 2.06. The second-order valence-electron chi connectivity index (χ2n) is 4.53. The van der Waals surface area contributed by atoms with Crippen molar-refractivity contribution in [1.29, 1.82) is 0 Å². The maximum atomic E-state index is 5.58. The van der Waals surface area contributed by atoms with Crippen LogP contribution in [0.2, 0.25) is 0 Å². The van der Waals surface area contributed by atoms with E-state index in [0.29, 0.717) is 24.2 Å². The number of nitrogens with two attached hydrogens (primary N) is 1. The smallest absolute Gasteiger partial charge is 0.228 e. The average molecular weight is 272 g/mol. The van der Waals surface area contributed by atoms with Crippen LogP contribution in [0.5, 0.6) is 0 Å². The molecule has 1 fully saturated rings. The molecule has 1 aliphatic heterocycles. The molecular formula is C13H16N6O. The Morgan fingerprint density at radius 1 is 1.10 bits per heavy atom.